The molecule has 1 aromatic rings. The first kappa shape index (κ1) is 15.8. The van der Waals surface area contributed by atoms with Crippen molar-refractivity contribution in [3.05, 3.63) is 27.7 Å². The van der Waals surface area contributed by atoms with Crippen molar-refractivity contribution in [1.29, 1.82) is 0 Å². The van der Waals surface area contributed by atoms with E-state index < -0.39 is 5.97 Å². The zero-order valence-corrected chi connectivity index (χ0v) is 13.4. The highest BCUT2D eigenvalue weighted by Crippen LogP contribution is 2.32. The lowest BCUT2D eigenvalue weighted by Crippen LogP contribution is -2.25. The van der Waals surface area contributed by atoms with Gasteiger partial charge in [0, 0.05) is 35.8 Å². The van der Waals surface area contributed by atoms with Gasteiger partial charge in [0.25, 0.3) is 0 Å². The average molecular weight is 356 g/mol. The molecule has 0 fully saturated rings. The Balaban J connectivity index is 1.91. The van der Waals surface area contributed by atoms with E-state index in [1.54, 1.807) is 6.92 Å². The summed E-state index contributed by atoms with van der Waals surface area (Å²) < 4.78 is 6.57. The third-order valence-corrected chi connectivity index (χ3v) is 3.82. The predicted octanol–water partition coefficient (Wildman–Crippen LogP) is 2.50. The molecule has 0 aliphatic carbocycles. The van der Waals surface area contributed by atoms with Crippen LogP contribution in [0.5, 0.6) is 5.75 Å². The monoisotopic (exact) mass is 355 g/mol. The highest BCUT2D eigenvalue weighted by molar-refractivity contribution is 9.10. The van der Waals surface area contributed by atoms with Crippen molar-refractivity contribution in [2.75, 3.05) is 6.61 Å². The summed E-state index contributed by atoms with van der Waals surface area (Å²) in [5, 5.41) is 11.5. The molecule has 1 aliphatic rings. The van der Waals surface area contributed by atoms with E-state index >= 15 is 0 Å². The Kier molecular flexibility index (Phi) is 5.22. The highest BCUT2D eigenvalue weighted by atomic mass is 79.9. The third-order valence-electron chi connectivity index (χ3n) is 3.36. The van der Waals surface area contributed by atoms with E-state index in [-0.39, 0.29) is 24.7 Å². The second-order valence-electron chi connectivity index (χ2n) is 5.34. The van der Waals surface area contributed by atoms with Crippen LogP contribution < -0.4 is 10.1 Å². The number of halogens is 1. The number of benzene rings is 1. The predicted molar refractivity (Wildman–Crippen MR) is 81.2 cm³/mol. The highest BCUT2D eigenvalue weighted by Gasteiger charge is 2.18. The Labute approximate surface area is 131 Å². The molecule has 0 bridgehead atoms. The summed E-state index contributed by atoms with van der Waals surface area (Å²) in [6.45, 7) is 2.82. The fourth-order valence-electron chi connectivity index (χ4n) is 2.43. The molecule has 0 spiro atoms. The summed E-state index contributed by atoms with van der Waals surface area (Å²) in [6, 6.07) is 3.97. The number of aliphatic carboxylic acids is 1. The normalized spacial score (nSPS) is 14.2. The van der Waals surface area contributed by atoms with E-state index in [9.17, 15) is 9.59 Å². The number of carboxylic acids is 1. The zero-order valence-electron chi connectivity index (χ0n) is 11.8. The van der Waals surface area contributed by atoms with Crippen LogP contribution in [0.1, 0.15) is 30.9 Å². The smallest absolute Gasteiger partial charge is 0.303 e. The number of hydrogen-bond donors (Lipinski definition) is 2. The number of carboxylic acid groups (broad SMARTS) is 1. The van der Waals surface area contributed by atoms with Crippen LogP contribution in [0.2, 0.25) is 0 Å². The van der Waals surface area contributed by atoms with E-state index in [1.807, 2.05) is 12.1 Å². The molecule has 1 unspecified atom stereocenters. The largest absolute Gasteiger partial charge is 0.493 e. The molecule has 6 heteroatoms. The van der Waals surface area contributed by atoms with Gasteiger partial charge in [-0.05, 0) is 23.6 Å². The molecule has 5 nitrogen and oxygen atoms in total. The lowest BCUT2D eigenvalue weighted by molar-refractivity contribution is -0.138. The van der Waals surface area contributed by atoms with Gasteiger partial charge in [0.05, 0.1) is 6.61 Å². The summed E-state index contributed by atoms with van der Waals surface area (Å²) in [4.78, 5) is 22.4. The van der Waals surface area contributed by atoms with E-state index in [0.29, 0.717) is 13.2 Å². The SMILES string of the molecule is CC(CC(=O)O)CC(=O)NCc1cc(Br)cc2c1OCC2. The van der Waals surface area contributed by atoms with Gasteiger partial charge in [0.1, 0.15) is 5.75 Å². The van der Waals surface area contributed by atoms with E-state index in [1.165, 1.54) is 0 Å². The number of ether oxygens (including phenoxy) is 1. The van der Waals surface area contributed by atoms with Gasteiger partial charge >= 0.3 is 5.97 Å². The molecule has 0 aromatic heterocycles. The first-order chi connectivity index (χ1) is 9.95. The quantitative estimate of drug-likeness (QED) is 0.821. The first-order valence-electron chi connectivity index (χ1n) is 6.88. The molecule has 1 amide bonds. The minimum atomic E-state index is -0.881. The first-order valence-corrected chi connectivity index (χ1v) is 7.67. The Morgan fingerprint density at radius 1 is 1.43 bits per heavy atom. The number of fused-ring (bicyclic) bond motifs is 1. The Morgan fingerprint density at radius 2 is 2.19 bits per heavy atom. The minimum absolute atomic E-state index is 0.00279. The van der Waals surface area contributed by atoms with Crippen molar-refractivity contribution < 1.29 is 19.4 Å². The van der Waals surface area contributed by atoms with E-state index in [4.69, 9.17) is 9.84 Å². The fraction of sp³-hybridized carbons (Fsp3) is 0.467. The molecular weight excluding hydrogens is 338 g/mol. The summed E-state index contributed by atoms with van der Waals surface area (Å²) >= 11 is 3.46. The second kappa shape index (κ2) is 6.93. The van der Waals surface area contributed by atoms with Crippen molar-refractivity contribution in [1.82, 2.24) is 5.32 Å². The summed E-state index contributed by atoms with van der Waals surface area (Å²) in [7, 11) is 0. The third kappa shape index (κ3) is 4.46. The number of carbonyl (C=O) groups is 2. The maximum absolute atomic E-state index is 11.8. The Hall–Kier alpha value is -1.56. The van der Waals surface area contributed by atoms with Crippen LogP contribution >= 0.6 is 15.9 Å². The zero-order chi connectivity index (χ0) is 15.4. The molecule has 1 atom stereocenters. The molecule has 0 radical (unpaired) electrons. The number of nitrogens with one attached hydrogen (secondary N) is 1. The van der Waals surface area contributed by atoms with Crippen LogP contribution in [0.25, 0.3) is 0 Å². The van der Waals surface area contributed by atoms with Crippen molar-refractivity contribution in [2.24, 2.45) is 5.92 Å². The van der Waals surface area contributed by atoms with Crippen LogP contribution in [0.3, 0.4) is 0 Å². The van der Waals surface area contributed by atoms with Gasteiger partial charge in [-0.3, -0.25) is 9.59 Å². The van der Waals surface area contributed by atoms with Crippen LogP contribution in [0, 0.1) is 5.92 Å². The Morgan fingerprint density at radius 3 is 2.90 bits per heavy atom. The molecule has 2 N–H and O–H groups in total. The minimum Gasteiger partial charge on any atom is -0.493 e. The number of carbonyl (C=O) groups excluding carboxylic acids is 1. The number of amides is 1. The van der Waals surface area contributed by atoms with Crippen LogP contribution in [-0.2, 0) is 22.6 Å². The summed E-state index contributed by atoms with van der Waals surface area (Å²) in [6.07, 6.45) is 1.09. The van der Waals surface area contributed by atoms with Crippen molar-refractivity contribution in [3.63, 3.8) is 0 Å². The second-order valence-corrected chi connectivity index (χ2v) is 6.25. The van der Waals surface area contributed by atoms with Crippen LogP contribution in [0.15, 0.2) is 16.6 Å². The van der Waals surface area contributed by atoms with Gasteiger partial charge in [-0.1, -0.05) is 22.9 Å². The number of rotatable bonds is 6. The van der Waals surface area contributed by atoms with Gasteiger partial charge < -0.3 is 15.2 Å². The standard InChI is InChI=1S/C15H18BrNO4/c1-9(5-14(19)20)4-13(18)17-8-11-7-12(16)6-10-2-3-21-15(10)11/h6-7,9H,2-5,8H2,1H3,(H,17,18)(H,19,20). The van der Waals surface area contributed by atoms with Crippen molar-refractivity contribution in [2.45, 2.75) is 32.7 Å². The summed E-state index contributed by atoms with van der Waals surface area (Å²) in [5.41, 5.74) is 2.09. The average Bonchev–Trinajstić information content (AvgIpc) is 2.82. The molecule has 21 heavy (non-hydrogen) atoms. The molecule has 0 saturated heterocycles. The van der Waals surface area contributed by atoms with Gasteiger partial charge in [0.15, 0.2) is 0 Å². The molecule has 114 valence electrons. The summed E-state index contributed by atoms with van der Waals surface area (Å²) in [5.74, 6) is -0.340. The Bertz CT molecular complexity index is 559. The lowest BCUT2D eigenvalue weighted by Gasteiger charge is -2.12. The van der Waals surface area contributed by atoms with Gasteiger partial charge in [0.2, 0.25) is 5.91 Å². The number of hydrogen-bond acceptors (Lipinski definition) is 3. The molecule has 1 aromatic carbocycles. The maximum atomic E-state index is 11.8. The van der Waals surface area contributed by atoms with Gasteiger partial charge in [-0.15, -0.1) is 0 Å². The molecule has 1 heterocycles. The molecule has 0 saturated carbocycles. The van der Waals surface area contributed by atoms with Crippen molar-refractivity contribution in [3.8, 4) is 5.75 Å². The van der Waals surface area contributed by atoms with E-state index in [0.717, 1.165) is 27.8 Å². The van der Waals surface area contributed by atoms with Gasteiger partial charge in [-0.25, -0.2) is 0 Å². The van der Waals surface area contributed by atoms with E-state index in [2.05, 4.69) is 21.2 Å². The van der Waals surface area contributed by atoms with Crippen molar-refractivity contribution >= 4 is 27.8 Å². The maximum Gasteiger partial charge on any atom is 0.303 e. The lowest BCUT2D eigenvalue weighted by atomic mass is 10.0. The molecule has 1 aliphatic heterocycles. The van der Waals surface area contributed by atoms with Gasteiger partial charge in [-0.2, -0.15) is 0 Å². The fourth-order valence-corrected chi connectivity index (χ4v) is 2.98. The molecule has 2 rings (SSSR count). The molecular formula is C15H18BrNO4. The topological polar surface area (TPSA) is 75.6 Å². The van der Waals surface area contributed by atoms with Crippen LogP contribution in [0.4, 0.5) is 0 Å². The van der Waals surface area contributed by atoms with Crippen LogP contribution in [-0.4, -0.2) is 23.6 Å².